The lowest BCUT2D eigenvalue weighted by atomic mass is 10.2. The molecule has 1 saturated heterocycles. The van der Waals surface area contributed by atoms with Crippen LogP contribution in [0.1, 0.15) is 26.7 Å². The second kappa shape index (κ2) is 7.15. The summed E-state index contributed by atoms with van der Waals surface area (Å²) >= 11 is 0. The van der Waals surface area contributed by atoms with Crippen molar-refractivity contribution in [1.82, 2.24) is 10.2 Å². The molecular formula is C16H23N3O3. The van der Waals surface area contributed by atoms with Gasteiger partial charge in [-0.2, -0.15) is 0 Å². The van der Waals surface area contributed by atoms with Crippen molar-refractivity contribution in [2.24, 2.45) is 0 Å². The number of nitrogens with one attached hydrogen (secondary N) is 2. The number of likely N-dealkylation sites (tertiary alicyclic amines) is 1. The summed E-state index contributed by atoms with van der Waals surface area (Å²) in [6, 6.07) is 6.55. The summed E-state index contributed by atoms with van der Waals surface area (Å²) in [5.41, 5.74) is 0.681. The molecule has 0 aliphatic carbocycles. The number of amides is 3. The van der Waals surface area contributed by atoms with Crippen molar-refractivity contribution >= 4 is 17.6 Å². The van der Waals surface area contributed by atoms with Crippen LogP contribution >= 0.6 is 0 Å². The van der Waals surface area contributed by atoms with Crippen molar-refractivity contribution in [3.8, 4) is 5.75 Å². The first-order chi connectivity index (χ1) is 10.5. The molecule has 22 heavy (non-hydrogen) atoms. The molecule has 1 heterocycles. The maximum absolute atomic E-state index is 12.4. The number of methoxy groups -OCH3 is 1. The van der Waals surface area contributed by atoms with Gasteiger partial charge in [0.1, 0.15) is 11.8 Å². The zero-order valence-corrected chi connectivity index (χ0v) is 13.3. The van der Waals surface area contributed by atoms with E-state index in [4.69, 9.17) is 4.74 Å². The van der Waals surface area contributed by atoms with Crippen LogP contribution in [0.25, 0.3) is 0 Å². The van der Waals surface area contributed by atoms with Gasteiger partial charge in [0.2, 0.25) is 5.91 Å². The summed E-state index contributed by atoms with van der Waals surface area (Å²) in [7, 11) is 1.59. The van der Waals surface area contributed by atoms with Gasteiger partial charge in [0.05, 0.1) is 7.11 Å². The maximum Gasteiger partial charge on any atom is 0.322 e. The fourth-order valence-corrected chi connectivity index (χ4v) is 2.53. The lowest BCUT2D eigenvalue weighted by molar-refractivity contribution is -0.125. The highest BCUT2D eigenvalue weighted by Crippen LogP contribution is 2.20. The topological polar surface area (TPSA) is 70.7 Å². The molecule has 0 saturated carbocycles. The Bertz CT molecular complexity index is 528. The quantitative estimate of drug-likeness (QED) is 0.896. The van der Waals surface area contributed by atoms with Crippen molar-refractivity contribution in [3.05, 3.63) is 24.3 Å². The monoisotopic (exact) mass is 305 g/mol. The van der Waals surface area contributed by atoms with Crippen LogP contribution in [0.2, 0.25) is 0 Å². The zero-order valence-electron chi connectivity index (χ0n) is 13.3. The van der Waals surface area contributed by atoms with Crippen molar-refractivity contribution in [3.63, 3.8) is 0 Å². The summed E-state index contributed by atoms with van der Waals surface area (Å²) in [6.45, 7) is 4.42. The highest BCUT2D eigenvalue weighted by atomic mass is 16.5. The van der Waals surface area contributed by atoms with E-state index in [0.29, 0.717) is 18.7 Å². The molecular weight excluding hydrogens is 282 g/mol. The molecule has 1 aromatic rings. The fraction of sp³-hybridized carbons (Fsp3) is 0.500. The number of rotatable bonds is 4. The van der Waals surface area contributed by atoms with Gasteiger partial charge in [-0.25, -0.2) is 4.79 Å². The van der Waals surface area contributed by atoms with E-state index in [1.54, 1.807) is 36.3 Å². The summed E-state index contributed by atoms with van der Waals surface area (Å²) < 4.78 is 5.08. The smallest absolute Gasteiger partial charge is 0.322 e. The summed E-state index contributed by atoms with van der Waals surface area (Å²) in [6.07, 6.45) is 1.54. The lowest BCUT2D eigenvalue weighted by Gasteiger charge is -2.25. The van der Waals surface area contributed by atoms with Crippen LogP contribution in [0.3, 0.4) is 0 Å². The maximum atomic E-state index is 12.4. The Morgan fingerprint density at radius 2 is 1.95 bits per heavy atom. The Labute approximate surface area is 130 Å². The third kappa shape index (κ3) is 3.90. The lowest BCUT2D eigenvalue weighted by Crippen LogP contribution is -2.48. The van der Waals surface area contributed by atoms with Gasteiger partial charge in [-0.1, -0.05) is 0 Å². The van der Waals surface area contributed by atoms with Crippen LogP contribution in [-0.4, -0.2) is 42.6 Å². The van der Waals surface area contributed by atoms with E-state index in [0.717, 1.165) is 12.2 Å². The fourth-order valence-electron chi connectivity index (χ4n) is 2.53. The predicted octanol–water partition coefficient (Wildman–Crippen LogP) is 2.22. The second-order valence-corrected chi connectivity index (χ2v) is 5.67. The highest BCUT2D eigenvalue weighted by molar-refractivity contribution is 5.94. The average molecular weight is 305 g/mol. The van der Waals surface area contributed by atoms with Gasteiger partial charge in [0.15, 0.2) is 0 Å². The number of anilines is 1. The SMILES string of the molecule is COc1ccc(NC(=O)N2CCCC2C(=O)NC(C)C)cc1. The van der Waals surface area contributed by atoms with Crippen LogP contribution in [0, 0.1) is 0 Å². The van der Waals surface area contributed by atoms with E-state index in [9.17, 15) is 9.59 Å². The summed E-state index contributed by atoms with van der Waals surface area (Å²) in [5, 5.41) is 5.70. The van der Waals surface area contributed by atoms with E-state index in [-0.39, 0.29) is 24.0 Å². The highest BCUT2D eigenvalue weighted by Gasteiger charge is 2.34. The molecule has 1 fully saturated rings. The van der Waals surface area contributed by atoms with Gasteiger partial charge in [-0.05, 0) is 51.0 Å². The van der Waals surface area contributed by atoms with Gasteiger partial charge in [-0.3, -0.25) is 4.79 Å². The number of nitrogens with zero attached hydrogens (tertiary/aromatic N) is 1. The number of hydrogen-bond acceptors (Lipinski definition) is 3. The molecule has 1 aliphatic heterocycles. The van der Waals surface area contributed by atoms with E-state index in [1.165, 1.54) is 0 Å². The minimum absolute atomic E-state index is 0.0691. The zero-order chi connectivity index (χ0) is 16.1. The summed E-state index contributed by atoms with van der Waals surface area (Å²) in [4.78, 5) is 26.1. The Hall–Kier alpha value is -2.24. The molecule has 0 spiro atoms. The minimum atomic E-state index is -0.388. The van der Waals surface area contributed by atoms with Crippen molar-refractivity contribution in [2.45, 2.75) is 38.8 Å². The molecule has 2 rings (SSSR count). The standard InChI is InChI=1S/C16H23N3O3/c1-11(2)17-15(20)14-5-4-10-19(14)16(21)18-12-6-8-13(22-3)9-7-12/h6-9,11,14H,4-5,10H2,1-3H3,(H,17,20)(H,18,21). The first-order valence-electron chi connectivity index (χ1n) is 7.53. The molecule has 120 valence electrons. The molecule has 1 aromatic carbocycles. The van der Waals surface area contributed by atoms with Gasteiger partial charge in [0.25, 0.3) is 0 Å². The Balaban J connectivity index is 1.99. The van der Waals surface area contributed by atoms with E-state index < -0.39 is 0 Å². The van der Waals surface area contributed by atoms with Crippen molar-refractivity contribution in [1.29, 1.82) is 0 Å². The van der Waals surface area contributed by atoms with Gasteiger partial charge < -0.3 is 20.3 Å². The van der Waals surface area contributed by atoms with Crippen molar-refractivity contribution in [2.75, 3.05) is 19.0 Å². The van der Waals surface area contributed by atoms with Crippen LogP contribution < -0.4 is 15.4 Å². The van der Waals surface area contributed by atoms with Crippen LogP contribution in [0.4, 0.5) is 10.5 Å². The molecule has 1 aliphatic rings. The minimum Gasteiger partial charge on any atom is -0.497 e. The van der Waals surface area contributed by atoms with Crippen molar-refractivity contribution < 1.29 is 14.3 Å². The van der Waals surface area contributed by atoms with Crippen LogP contribution in [-0.2, 0) is 4.79 Å². The molecule has 6 heteroatoms. The predicted molar refractivity (Wildman–Crippen MR) is 85.0 cm³/mol. The van der Waals surface area contributed by atoms with Gasteiger partial charge in [-0.15, -0.1) is 0 Å². The third-order valence-electron chi connectivity index (χ3n) is 3.59. The Kier molecular flexibility index (Phi) is 5.25. The Morgan fingerprint density at radius 3 is 2.55 bits per heavy atom. The molecule has 0 bridgehead atoms. The molecule has 6 nitrogen and oxygen atoms in total. The first-order valence-corrected chi connectivity index (χ1v) is 7.53. The van der Waals surface area contributed by atoms with Gasteiger partial charge in [0, 0.05) is 18.3 Å². The molecule has 1 unspecified atom stereocenters. The van der Waals surface area contributed by atoms with Gasteiger partial charge >= 0.3 is 6.03 Å². The Morgan fingerprint density at radius 1 is 1.27 bits per heavy atom. The van der Waals surface area contributed by atoms with E-state index in [2.05, 4.69) is 10.6 Å². The summed E-state index contributed by atoms with van der Waals surface area (Å²) in [5.74, 6) is 0.644. The molecule has 1 atom stereocenters. The van der Waals surface area contributed by atoms with Crippen LogP contribution in [0.15, 0.2) is 24.3 Å². The average Bonchev–Trinajstić information content (AvgIpc) is 2.97. The number of urea groups is 1. The second-order valence-electron chi connectivity index (χ2n) is 5.67. The normalized spacial score (nSPS) is 17.5. The number of hydrogen-bond donors (Lipinski definition) is 2. The van der Waals surface area contributed by atoms with E-state index in [1.807, 2.05) is 13.8 Å². The number of ether oxygens (including phenoxy) is 1. The third-order valence-corrected chi connectivity index (χ3v) is 3.59. The largest absolute Gasteiger partial charge is 0.497 e. The number of carbonyl (C=O) groups excluding carboxylic acids is 2. The molecule has 0 radical (unpaired) electrons. The number of benzene rings is 1. The first kappa shape index (κ1) is 16.1. The number of carbonyl (C=O) groups is 2. The van der Waals surface area contributed by atoms with Crippen LogP contribution in [0.5, 0.6) is 5.75 Å². The molecule has 2 N–H and O–H groups in total. The molecule has 3 amide bonds. The van der Waals surface area contributed by atoms with E-state index >= 15 is 0 Å². The molecule has 0 aromatic heterocycles.